The van der Waals surface area contributed by atoms with E-state index in [-0.39, 0.29) is 18.6 Å². The Morgan fingerprint density at radius 2 is 1.66 bits per heavy atom. The van der Waals surface area contributed by atoms with Crippen molar-refractivity contribution in [3.63, 3.8) is 0 Å². The highest BCUT2D eigenvalue weighted by atomic mass is 32.1. The summed E-state index contributed by atoms with van der Waals surface area (Å²) in [6, 6.07) is 22.4. The molecule has 0 fully saturated rings. The first-order valence-corrected chi connectivity index (χ1v) is 10.3. The first-order valence-electron chi connectivity index (χ1n) is 9.43. The van der Waals surface area contributed by atoms with Crippen molar-refractivity contribution in [3.05, 3.63) is 88.6 Å². The van der Waals surface area contributed by atoms with Gasteiger partial charge < -0.3 is 14.8 Å². The van der Waals surface area contributed by atoms with Crippen molar-refractivity contribution in [2.24, 2.45) is 0 Å². The largest absolute Gasteiger partial charge is 0.479 e. The van der Waals surface area contributed by atoms with Crippen LogP contribution in [0.2, 0.25) is 0 Å². The molecule has 0 radical (unpaired) electrons. The summed E-state index contributed by atoms with van der Waals surface area (Å²) in [7, 11) is 0. The van der Waals surface area contributed by atoms with E-state index < -0.39 is 12.1 Å². The zero-order valence-electron chi connectivity index (χ0n) is 16.1. The molecule has 3 rings (SSSR count). The molecule has 0 unspecified atom stereocenters. The van der Waals surface area contributed by atoms with Gasteiger partial charge in [0.1, 0.15) is 5.75 Å². The lowest BCUT2D eigenvalue weighted by Crippen LogP contribution is -2.35. The van der Waals surface area contributed by atoms with E-state index in [1.165, 1.54) is 0 Å². The van der Waals surface area contributed by atoms with Gasteiger partial charge >= 0.3 is 5.97 Å². The fraction of sp³-hybridized carbons (Fsp3) is 0.217. The van der Waals surface area contributed by atoms with Gasteiger partial charge in [0, 0.05) is 4.88 Å². The normalized spacial score (nSPS) is 12.6. The molecule has 3 aromatic rings. The molecule has 2 atom stereocenters. The van der Waals surface area contributed by atoms with Gasteiger partial charge in [0.15, 0.2) is 12.7 Å². The van der Waals surface area contributed by atoms with Crippen molar-refractivity contribution in [1.29, 1.82) is 0 Å². The summed E-state index contributed by atoms with van der Waals surface area (Å²) in [6.45, 7) is 1.47. The Labute approximate surface area is 174 Å². The minimum atomic E-state index is -0.757. The van der Waals surface area contributed by atoms with Gasteiger partial charge in [-0.1, -0.05) is 61.5 Å². The number of carbonyl (C=O) groups excluding carboxylic acids is 2. The van der Waals surface area contributed by atoms with Crippen LogP contribution in [0.5, 0.6) is 5.75 Å². The van der Waals surface area contributed by atoms with Crippen molar-refractivity contribution in [1.82, 2.24) is 5.32 Å². The average Bonchev–Trinajstić information content (AvgIpc) is 3.30. The quantitative estimate of drug-likeness (QED) is 0.534. The summed E-state index contributed by atoms with van der Waals surface area (Å²) in [4.78, 5) is 25.8. The van der Waals surface area contributed by atoms with Gasteiger partial charge in [-0.15, -0.1) is 11.3 Å². The SMILES string of the molecule is CC[C@H](Oc1ccccc1)C(=O)OCC(=O)N[C@@H](c1ccccc1)c1cccs1. The highest BCUT2D eigenvalue weighted by Gasteiger charge is 2.23. The number of amides is 1. The summed E-state index contributed by atoms with van der Waals surface area (Å²) in [5.74, 6) is -0.336. The fourth-order valence-electron chi connectivity index (χ4n) is 2.81. The summed E-state index contributed by atoms with van der Waals surface area (Å²) in [5.41, 5.74) is 0.966. The third-order valence-electron chi connectivity index (χ3n) is 4.27. The third-order valence-corrected chi connectivity index (χ3v) is 5.20. The van der Waals surface area contributed by atoms with Crippen LogP contribution in [0, 0.1) is 0 Å². The molecule has 5 nitrogen and oxygen atoms in total. The van der Waals surface area contributed by atoms with Gasteiger partial charge in [0.05, 0.1) is 6.04 Å². The molecule has 0 aliphatic heterocycles. The van der Waals surface area contributed by atoms with E-state index in [4.69, 9.17) is 9.47 Å². The Hall–Kier alpha value is -3.12. The number of rotatable bonds is 9. The smallest absolute Gasteiger partial charge is 0.347 e. The topological polar surface area (TPSA) is 64.6 Å². The minimum absolute atomic E-state index is 0.287. The molecule has 1 heterocycles. The molecule has 0 spiro atoms. The highest BCUT2D eigenvalue weighted by molar-refractivity contribution is 7.10. The number of benzene rings is 2. The molecule has 0 bridgehead atoms. The number of ether oxygens (including phenoxy) is 2. The molecule has 0 aliphatic rings. The molecular weight excluding hydrogens is 386 g/mol. The summed E-state index contributed by atoms with van der Waals surface area (Å²) >= 11 is 1.56. The number of esters is 1. The molecule has 0 saturated heterocycles. The second-order valence-electron chi connectivity index (χ2n) is 6.36. The highest BCUT2D eigenvalue weighted by Crippen LogP contribution is 2.25. The predicted octanol–water partition coefficient (Wildman–Crippen LogP) is 4.35. The zero-order valence-corrected chi connectivity index (χ0v) is 16.9. The Kier molecular flexibility index (Phi) is 7.41. The first kappa shape index (κ1) is 20.6. The fourth-order valence-corrected chi connectivity index (χ4v) is 3.62. The van der Waals surface area contributed by atoms with Crippen LogP contribution in [0.3, 0.4) is 0 Å². The Morgan fingerprint density at radius 3 is 2.28 bits per heavy atom. The number of hydrogen-bond acceptors (Lipinski definition) is 5. The van der Waals surface area contributed by atoms with Gasteiger partial charge in [-0.3, -0.25) is 4.79 Å². The number of nitrogens with one attached hydrogen (secondary N) is 1. The van der Waals surface area contributed by atoms with E-state index in [0.717, 1.165) is 10.4 Å². The maximum atomic E-state index is 12.5. The average molecular weight is 410 g/mol. The maximum absolute atomic E-state index is 12.5. The summed E-state index contributed by atoms with van der Waals surface area (Å²) < 4.78 is 10.9. The number of para-hydroxylation sites is 1. The van der Waals surface area contributed by atoms with Crippen molar-refractivity contribution in [2.45, 2.75) is 25.5 Å². The first-order chi connectivity index (χ1) is 14.2. The number of carbonyl (C=O) groups is 2. The molecule has 2 aromatic carbocycles. The van der Waals surface area contributed by atoms with Crippen LogP contribution in [0.25, 0.3) is 0 Å². The van der Waals surface area contributed by atoms with Crippen LogP contribution in [-0.2, 0) is 14.3 Å². The second kappa shape index (κ2) is 10.4. The number of hydrogen-bond donors (Lipinski definition) is 1. The van der Waals surface area contributed by atoms with Gasteiger partial charge in [0.25, 0.3) is 5.91 Å². The Bertz CT molecular complexity index is 897. The Balaban J connectivity index is 1.58. The van der Waals surface area contributed by atoms with Crippen LogP contribution in [-0.4, -0.2) is 24.6 Å². The van der Waals surface area contributed by atoms with Crippen molar-refractivity contribution >= 4 is 23.2 Å². The van der Waals surface area contributed by atoms with Gasteiger partial charge in [-0.2, -0.15) is 0 Å². The maximum Gasteiger partial charge on any atom is 0.347 e. The van der Waals surface area contributed by atoms with Crippen LogP contribution in [0.15, 0.2) is 78.2 Å². The van der Waals surface area contributed by atoms with Gasteiger partial charge in [-0.25, -0.2) is 4.79 Å². The molecule has 1 amide bonds. The Morgan fingerprint density at radius 1 is 0.966 bits per heavy atom. The van der Waals surface area contributed by atoms with E-state index in [1.807, 2.05) is 73.0 Å². The standard InChI is InChI=1S/C23H23NO4S/c1-2-19(28-18-12-7-4-8-13-18)23(26)27-16-21(25)24-22(20-14-9-15-29-20)17-10-5-3-6-11-17/h3-15,19,22H,2,16H2,1H3,(H,24,25)/t19-,22-/m0/s1. The van der Waals surface area contributed by atoms with E-state index in [2.05, 4.69) is 5.32 Å². The van der Waals surface area contributed by atoms with E-state index in [1.54, 1.807) is 23.5 Å². The van der Waals surface area contributed by atoms with Crippen molar-refractivity contribution in [2.75, 3.05) is 6.61 Å². The van der Waals surface area contributed by atoms with Crippen molar-refractivity contribution < 1.29 is 19.1 Å². The lowest BCUT2D eigenvalue weighted by atomic mass is 10.1. The van der Waals surface area contributed by atoms with Crippen LogP contribution < -0.4 is 10.1 Å². The molecule has 6 heteroatoms. The lowest BCUT2D eigenvalue weighted by molar-refractivity contribution is -0.155. The van der Waals surface area contributed by atoms with Crippen LogP contribution in [0.1, 0.15) is 29.8 Å². The molecule has 1 aromatic heterocycles. The molecule has 29 heavy (non-hydrogen) atoms. The van der Waals surface area contributed by atoms with Crippen molar-refractivity contribution in [3.8, 4) is 5.75 Å². The minimum Gasteiger partial charge on any atom is -0.479 e. The summed E-state index contributed by atoms with van der Waals surface area (Å²) in [6.07, 6.45) is -0.315. The van der Waals surface area contributed by atoms with E-state index in [0.29, 0.717) is 12.2 Å². The molecule has 0 aliphatic carbocycles. The van der Waals surface area contributed by atoms with Crippen LogP contribution >= 0.6 is 11.3 Å². The lowest BCUT2D eigenvalue weighted by Gasteiger charge is -2.19. The molecule has 150 valence electrons. The molecule has 0 saturated carbocycles. The third kappa shape index (κ3) is 5.93. The number of thiophene rings is 1. The van der Waals surface area contributed by atoms with Gasteiger partial charge in [0.2, 0.25) is 0 Å². The molecule has 1 N–H and O–H groups in total. The predicted molar refractivity (Wildman–Crippen MR) is 113 cm³/mol. The van der Waals surface area contributed by atoms with Gasteiger partial charge in [-0.05, 0) is 35.6 Å². The molecular formula is C23H23NO4S. The summed E-state index contributed by atoms with van der Waals surface area (Å²) in [5, 5.41) is 4.91. The van der Waals surface area contributed by atoms with E-state index in [9.17, 15) is 9.59 Å². The van der Waals surface area contributed by atoms with Crippen LogP contribution in [0.4, 0.5) is 0 Å². The monoisotopic (exact) mass is 409 g/mol. The zero-order chi connectivity index (χ0) is 20.5. The van der Waals surface area contributed by atoms with E-state index >= 15 is 0 Å². The second-order valence-corrected chi connectivity index (χ2v) is 7.34.